The summed E-state index contributed by atoms with van der Waals surface area (Å²) in [6.07, 6.45) is 2.29. The number of hydrogen-bond donors (Lipinski definition) is 3. The number of hydrogen-bond acceptors (Lipinski definition) is 3. The molecule has 6 heteroatoms. The monoisotopic (exact) mass is 240 g/mol. The Morgan fingerprint density at radius 3 is 2.82 bits per heavy atom. The first-order chi connectivity index (χ1) is 8.06. The minimum absolute atomic E-state index is 0.0723. The Labute approximate surface area is 99.0 Å². The molecule has 17 heavy (non-hydrogen) atoms. The molecule has 1 aromatic heterocycles. The Balaban J connectivity index is 2.62. The number of nitrogens with one attached hydrogen (secondary N) is 2. The van der Waals surface area contributed by atoms with Gasteiger partial charge in [0, 0.05) is 18.5 Å². The van der Waals surface area contributed by atoms with Crippen molar-refractivity contribution in [3.63, 3.8) is 0 Å². The Morgan fingerprint density at radius 2 is 2.24 bits per heavy atom. The molecule has 0 saturated heterocycles. The van der Waals surface area contributed by atoms with E-state index in [1.165, 1.54) is 6.20 Å². The second-order valence-corrected chi connectivity index (χ2v) is 3.61. The first-order valence-electron chi connectivity index (χ1n) is 5.35. The van der Waals surface area contributed by atoms with Gasteiger partial charge in [-0.15, -0.1) is 0 Å². The van der Waals surface area contributed by atoms with E-state index in [-0.39, 0.29) is 23.8 Å². The Hall–Kier alpha value is -1.82. The standard InChI is InChI=1S/C11H16N2O4/c1-3-4-17-6-9(14)13-8-5-12-7(2)10(8)11(15)16/h5,12H,3-4,6H2,1-2H3,(H,13,14)(H,15,16). The molecule has 0 saturated carbocycles. The first kappa shape index (κ1) is 13.2. The van der Waals surface area contributed by atoms with E-state index in [4.69, 9.17) is 9.84 Å². The van der Waals surface area contributed by atoms with Crippen LogP contribution in [0, 0.1) is 6.92 Å². The highest BCUT2D eigenvalue weighted by Crippen LogP contribution is 2.18. The van der Waals surface area contributed by atoms with E-state index in [9.17, 15) is 9.59 Å². The molecule has 0 aliphatic heterocycles. The Morgan fingerprint density at radius 1 is 1.53 bits per heavy atom. The summed E-state index contributed by atoms with van der Waals surface area (Å²) in [6, 6.07) is 0. The predicted octanol–water partition coefficient (Wildman–Crippen LogP) is 1.39. The molecule has 3 N–H and O–H groups in total. The summed E-state index contributed by atoms with van der Waals surface area (Å²) in [6.45, 7) is 4.01. The summed E-state index contributed by atoms with van der Waals surface area (Å²) < 4.78 is 5.05. The van der Waals surface area contributed by atoms with Crippen LogP contribution in [0.4, 0.5) is 5.69 Å². The number of amides is 1. The number of carboxylic acid groups (broad SMARTS) is 1. The topological polar surface area (TPSA) is 91.4 Å². The van der Waals surface area contributed by atoms with Gasteiger partial charge >= 0.3 is 5.97 Å². The number of aromatic nitrogens is 1. The van der Waals surface area contributed by atoms with E-state index in [1.807, 2.05) is 6.92 Å². The minimum atomic E-state index is -1.08. The van der Waals surface area contributed by atoms with E-state index >= 15 is 0 Å². The van der Waals surface area contributed by atoms with Crippen LogP contribution in [-0.4, -0.2) is 35.2 Å². The van der Waals surface area contributed by atoms with Crippen LogP contribution < -0.4 is 5.32 Å². The number of anilines is 1. The van der Waals surface area contributed by atoms with Crippen molar-refractivity contribution in [1.82, 2.24) is 4.98 Å². The normalized spacial score (nSPS) is 10.2. The highest BCUT2D eigenvalue weighted by molar-refractivity contribution is 6.01. The SMILES string of the molecule is CCCOCC(=O)Nc1c[nH]c(C)c1C(=O)O. The molecule has 0 spiro atoms. The number of carbonyl (C=O) groups is 2. The van der Waals surface area contributed by atoms with Gasteiger partial charge in [0.2, 0.25) is 5.91 Å². The molecule has 0 atom stereocenters. The lowest BCUT2D eigenvalue weighted by Gasteiger charge is -2.05. The molecule has 1 aromatic rings. The number of carboxylic acids is 1. The number of carbonyl (C=O) groups excluding carboxylic acids is 1. The summed E-state index contributed by atoms with van der Waals surface area (Å²) in [5.74, 6) is -1.44. The van der Waals surface area contributed by atoms with Gasteiger partial charge in [0.15, 0.2) is 0 Å². The number of aromatic carboxylic acids is 1. The first-order valence-corrected chi connectivity index (χ1v) is 5.35. The van der Waals surface area contributed by atoms with Gasteiger partial charge < -0.3 is 20.1 Å². The van der Waals surface area contributed by atoms with E-state index in [0.29, 0.717) is 12.3 Å². The third kappa shape index (κ3) is 3.60. The average Bonchev–Trinajstić information content (AvgIpc) is 2.60. The fourth-order valence-corrected chi connectivity index (χ4v) is 1.40. The molecule has 0 unspecified atom stereocenters. The summed E-state index contributed by atoms with van der Waals surface area (Å²) in [5.41, 5.74) is 0.844. The molecule has 94 valence electrons. The van der Waals surface area contributed by atoms with Crippen LogP contribution in [0.15, 0.2) is 6.20 Å². The molecule has 0 aliphatic carbocycles. The zero-order chi connectivity index (χ0) is 12.8. The van der Waals surface area contributed by atoms with Crippen molar-refractivity contribution < 1.29 is 19.4 Å². The molecular formula is C11H16N2O4. The zero-order valence-corrected chi connectivity index (χ0v) is 9.87. The molecule has 1 heterocycles. The van der Waals surface area contributed by atoms with Crippen molar-refractivity contribution in [3.8, 4) is 0 Å². The van der Waals surface area contributed by atoms with Gasteiger partial charge in [0.1, 0.15) is 12.2 Å². The number of aryl methyl sites for hydroxylation is 1. The Bertz CT molecular complexity index is 412. The van der Waals surface area contributed by atoms with Crippen molar-refractivity contribution in [2.75, 3.05) is 18.5 Å². The second kappa shape index (κ2) is 6.05. The number of H-pyrrole nitrogens is 1. The van der Waals surface area contributed by atoms with Crippen molar-refractivity contribution in [2.24, 2.45) is 0 Å². The van der Waals surface area contributed by atoms with Crippen LogP contribution in [0.5, 0.6) is 0 Å². The number of aromatic amines is 1. The highest BCUT2D eigenvalue weighted by Gasteiger charge is 2.16. The van der Waals surface area contributed by atoms with Gasteiger partial charge in [-0.2, -0.15) is 0 Å². The molecule has 0 radical (unpaired) electrons. The number of ether oxygens (including phenoxy) is 1. The molecule has 6 nitrogen and oxygen atoms in total. The smallest absolute Gasteiger partial charge is 0.339 e. The summed E-state index contributed by atoms with van der Waals surface area (Å²) in [5, 5.41) is 11.5. The second-order valence-electron chi connectivity index (χ2n) is 3.61. The summed E-state index contributed by atoms with van der Waals surface area (Å²) in [4.78, 5) is 25.1. The molecule has 0 fully saturated rings. The lowest BCUT2D eigenvalue weighted by atomic mass is 10.2. The molecular weight excluding hydrogens is 224 g/mol. The van der Waals surface area contributed by atoms with E-state index < -0.39 is 5.97 Å². The maximum Gasteiger partial charge on any atom is 0.339 e. The predicted molar refractivity (Wildman–Crippen MR) is 62.2 cm³/mol. The van der Waals surface area contributed by atoms with Crippen molar-refractivity contribution in [3.05, 3.63) is 17.5 Å². The molecule has 0 aliphatic rings. The van der Waals surface area contributed by atoms with Crippen LogP contribution in [0.25, 0.3) is 0 Å². The third-order valence-corrected chi connectivity index (χ3v) is 2.15. The van der Waals surface area contributed by atoms with E-state index in [1.54, 1.807) is 6.92 Å². The Kier molecular flexibility index (Phi) is 4.71. The fourth-order valence-electron chi connectivity index (χ4n) is 1.40. The average molecular weight is 240 g/mol. The summed E-state index contributed by atoms with van der Waals surface area (Å²) in [7, 11) is 0. The van der Waals surface area contributed by atoms with Gasteiger partial charge in [-0.05, 0) is 13.3 Å². The van der Waals surface area contributed by atoms with Crippen LogP contribution in [0.1, 0.15) is 29.4 Å². The van der Waals surface area contributed by atoms with Gasteiger partial charge in [-0.1, -0.05) is 6.92 Å². The summed E-state index contributed by atoms with van der Waals surface area (Å²) >= 11 is 0. The van der Waals surface area contributed by atoms with Gasteiger partial charge in [0.25, 0.3) is 0 Å². The van der Waals surface area contributed by atoms with Crippen molar-refractivity contribution in [1.29, 1.82) is 0 Å². The largest absolute Gasteiger partial charge is 0.478 e. The van der Waals surface area contributed by atoms with Gasteiger partial charge in [0.05, 0.1) is 5.69 Å². The maximum absolute atomic E-state index is 11.4. The molecule has 0 bridgehead atoms. The van der Waals surface area contributed by atoms with Crippen molar-refractivity contribution in [2.45, 2.75) is 20.3 Å². The van der Waals surface area contributed by atoms with Crippen molar-refractivity contribution >= 4 is 17.6 Å². The third-order valence-electron chi connectivity index (χ3n) is 2.15. The zero-order valence-electron chi connectivity index (χ0n) is 9.87. The van der Waals surface area contributed by atoms with E-state index in [0.717, 1.165) is 6.42 Å². The van der Waals surface area contributed by atoms with Crippen LogP contribution >= 0.6 is 0 Å². The molecule has 1 amide bonds. The minimum Gasteiger partial charge on any atom is -0.478 e. The van der Waals surface area contributed by atoms with Crippen LogP contribution in [0.2, 0.25) is 0 Å². The van der Waals surface area contributed by atoms with Crippen LogP contribution in [-0.2, 0) is 9.53 Å². The number of rotatable bonds is 6. The lowest BCUT2D eigenvalue weighted by Crippen LogP contribution is -2.19. The van der Waals surface area contributed by atoms with Gasteiger partial charge in [-0.3, -0.25) is 4.79 Å². The van der Waals surface area contributed by atoms with E-state index in [2.05, 4.69) is 10.3 Å². The molecule has 1 rings (SSSR count). The van der Waals surface area contributed by atoms with Gasteiger partial charge in [-0.25, -0.2) is 4.79 Å². The maximum atomic E-state index is 11.4. The fraction of sp³-hybridized carbons (Fsp3) is 0.455. The quantitative estimate of drug-likeness (QED) is 0.655. The molecule has 0 aromatic carbocycles. The lowest BCUT2D eigenvalue weighted by molar-refractivity contribution is -0.120. The van der Waals surface area contributed by atoms with Crippen LogP contribution in [0.3, 0.4) is 0 Å². The highest BCUT2D eigenvalue weighted by atomic mass is 16.5.